The molecule has 0 saturated carbocycles. The zero-order valence-corrected chi connectivity index (χ0v) is 12.5. The lowest BCUT2D eigenvalue weighted by Crippen LogP contribution is -2.14. The van der Waals surface area contributed by atoms with E-state index >= 15 is 0 Å². The van der Waals surface area contributed by atoms with E-state index in [9.17, 15) is 0 Å². The second-order valence-electron chi connectivity index (χ2n) is 4.32. The van der Waals surface area contributed by atoms with Gasteiger partial charge in [0.05, 0.1) is 4.21 Å². The third kappa shape index (κ3) is 3.87. The Balaban J connectivity index is 2.12. The topological polar surface area (TPSA) is 12.0 Å². The maximum atomic E-state index is 3.49. The van der Waals surface area contributed by atoms with E-state index in [1.54, 1.807) is 11.3 Å². The molecular weight excluding hydrogens is 258 g/mol. The van der Waals surface area contributed by atoms with E-state index in [-0.39, 0.29) is 0 Å². The van der Waals surface area contributed by atoms with Crippen molar-refractivity contribution in [2.75, 3.05) is 6.54 Å². The summed E-state index contributed by atoms with van der Waals surface area (Å²) in [5.41, 5.74) is 2.74. The molecular formula is C15H19NS2. The number of rotatable bonds is 6. The highest BCUT2D eigenvalue weighted by molar-refractivity contribution is 8.01. The van der Waals surface area contributed by atoms with E-state index in [0.717, 1.165) is 13.1 Å². The van der Waals surface area contributed by atoms with Crippen LogP contribution in [0.5, 0.6) is 0 Å². The molecule has 0 aliphatic carbocycles. The number of thiophene rings is 1. The standard InChI is InChI=1S/C15H19NS2/c1-3-8-16-11-13-10-12(2)6-7-14(13)18-15-5-4-9-17-15/h4-7,9-10,16H,3,8,11H2,1-2H3. The monoisotopic (exact) mass is 277 g/mol. The van der Waals surface area contributed by atoms with Gasteiger partial charge in [-0.25, -0.2) is 0 Å². The SMILES string of the molecule is CCCNCc1cc(C)ccc1Sc1cccs1. The van der Waals surface area contributed by atoms with Crippen LogP contribution in [-0.2, 0) is 6.54 Å². The molecule has 2 rings (SSSR count). The van der Waals surface area contributed by atoms with Crippen LogP contribution in [0.15, 0.2) is 44.8 Å². The van der Waals surface area contributed by atoms with Crippen LogP contribution < -0.4 is 5.32 Å². The molecule has 1 N–H and O–H groups in total. The summed E-state index contributed by atoms with van der Waals surface area (Å²) in [5, 5.41) is 5.62. The van der Waals surface area contributed by atoms with Crippen LogP contribution in [0.25, 0.3) is 0 Å². The van der Waals surface area contributed by atoms with Crippen molar-refractivity contribution in [1.82, 2.24) is 5.32 Å². The average molecular weight is 277 g/mol. The molecule has 2 aromatic rings. The highest BCUT2D eigenvalue weighted by Gasteiger charge is 2.05. The molecule has 0 spiro atoms. The highest BCUT2D eigenvalue weighted by Crippen LogP contribution is 2.33. The van der Waals surface area contributed by atoms with Crippen molar-refractivity contribution >= 4 is 23.1 Å². The maximum absolute atomic E-state index is 3.49. The van der Waals surface area contributed by atoms with Crippen LogP contribution in [0, 0.1) is 6.92 Å². The normalized spacial score (nSPS) is 10.8. The Labute approximate surface area is 118 Å². The van der Waals surface area contributed by atoms with Gasteiger partial charge in [0.15, 0.2) is 0 Å². The zero-order valence-electron chi connectivity index (χ0n) is 10.9. The second-order valence-corrected chi connectivity index (χ2v) is 6.61. The Bertz CT molecular complexity index is 477. The third-order valence-electron chi connectivity index (χ3n) is 2.66. The molecule has 1 heterocycles. The van der Waals surface area contributed by atoms with E-state index < -0.39 is 0 Å². The number of hydrogen-bond donors (Lipinski definition) is 1. The summed E-state index contributed by atoms with van der Waals surface area (Å²) in [5.74, 6) is 0. The summed E-state index contributed by atoms with van der Waals surface area (Å²) >= 11 is 3.67. The van der Waals surface area contributed by atoms with Gasteiger partial charge in [-0.05, 0) is 43.0 Å². The molecule has 0 atom stereocenters. The van der Waals surface area contributed by atoms with Gasteiger partial charge in [-0.2, -0.15) is 0 Å². The van der Waals surface area contributed by atoms with Crippen molar-refractivity contribution in [3.63, 3.8) is 0 Å². The molecule has 0 fully saturated rings. The Morgan fingerprint density at radius 2 is 2.17 bits per heavy atom. The summed E-state index contributed by atoms with van der Waals surface area (Å²) in [6.45, 7) is 6.40. The summed E-state index contributed by atoms with van der Waals surface area (Å²) in [6, 6.07) is 11.0. The predicted octanol–water partition coefficient (Wildman–Crippen LogP) is 4.71. The number of hydrogen-bond acceptors (Lipinski definition) is 3. The first-order valence-electron chi connectivity index (χ1n) is 6.31. The molecule has 0 aliphatic rings. The van der Waals surface area contributed by atoms with Crippen molar-refractivity contribution in [1.29, 1.82) is 0 Å². The molecule has 1 aromatic carbocycles. The third-order valence-corrected chi connectivity index (χ3v) is 4.82. The van der Waals surface area contributed by atoms with Crippen molar-refractivity contribution in [2.24, 2.45) is 0 Å². The number of nitrogens with one attached hydrogen (secondary N) is 1. The van der Waals surface area contributed by atoms with Crippen molar-refractivity contribution in [3.05, 3.63) is 46.8 Å². The van der Waals surface area contributed by atoms with Crippen molar-refractivity contribution < 1.29 is 0 Å². The smallest absolute Gasteiger partial charge is 0.0646 e. The minimum Gasteiger partial charge on any atom is -0.313 e. The lowest BCUT2D eigenvalue weighted by molar-refractivity contribution is 0.669. The van der Waals surface area contributed by atoms with Gasteiger partial charge < -0.3 is 5.32 Å². The first-order valence-corrected chi connectivity index (χ1v) is 8.01. The summed E-state index contributed by atoms with van der Waals surface area (Å²) in [7, 11) is 0. The Hall–Kier alpha value is -0.770. The fourth-order valence-electron chi connectivity index (χ4n) is 1.78. The molecule has 18 heavy (non-hydrogen) atoms. The van der Waals surface area contributed by atoms with Gasteiger partial charge in [0.1, 0.15) is 0 Å². The van der Waals surface area contributed by atoms with Gasteiger partial charge in [0, 0.05) is 11.4 Å². The van der Waals surface area contributed by atoms with Crippen LogP contribution in [-0.4, -0.2) is 6.54 Å². The van der Waals surface area contributed by atoms with E-state index in [1.807, 2.05) is 11.8 Å². The van der Waals surface area contributed by atoms with Crippen LogP contribution in [0.3, 0.4) is 0 Å². The van der Waals surface area contributed by atoms with E-state index in [1.165, 1.54) is 26.7 Å². The second kappa shape index (κ2) is 6.98. The van der Waals surface area contributed by atoms with Gasteiger partial charge >= 0.3 is 0 Å². The quantitative estimate of drug-likeness (QED) is 0.768. The predicted molar refractivity (Wildman–Crippen MR) is 81.6 cm³/mol. The van der Waals surface area contributed by atoms with Crippen molar-refractivity contribution in [3.8, 4) is 0 Å². The molecule has 0 radical (unpaired) electrons. The number of benzene rings is 1. The van der Waals surface area contributed by atoms with Gasteiger partial charge in [0.2, 0.25) is 0 Å². The summed E-state index contributed by atoms with van der Waals surface area (Å²) < 4.78 is 1.36. The van der Waals surface area contributed by atoms with Gasteiger partial charge in [-0.15, -0.1) is 11.3 Å². The largest absolute Gasteiger partial charge is 0.313 e. The Morgan fingerprint density at radius 3 is 2.89 bits per heavy atom. The highest BCUT2D eigenvalue weighted by atomic mass is 32.2. The molecule has 1 aromatic heterocycles. The van der Waals surface area contributed by atoms with E-state index in [0.29, 0.717) is 0 Å². The average Bonchev–Trinajstić information content (AvgIpc) is 2.86. The van der Waals surface area contributed by atoms with Crippen LogP contribution >= 0.6 is 23.1 Å². The molecule has 0 aliphatic heterocycles. The van der Waals surface area contributed by atoms with Gasteiger partial charge in [-0.1, -0.05) is 42.4 Å². The number of aryl methyl sites for hydroxylation is 1. The van der Waals surface area contributed by atoms with E-state index in [2.05, 4.69) is 54.9 Å². The Kier molecular flexibility index (Phi) is 5.29. The van der Waals surface area contributed by atoms with Crippen LogP contribution in [0.1, 0.15) is 24.5 Å². The molecule has 96 valence electrons. The van der Waals surface area contributed by atoms with Crippen molar-refractivity contribution in [2.45, 2.75) is 35.9 Å². The lowest BCUT2D eigenvalue weighted by atomic mass is 10.1. The first kappa shape index (κ1) is 13.7. The molecule has 0 amide bonds. The molecule has 0 unspecified atom stereocenters. The van der Waals surface area contributed by atoms with Crippen LogP contribution in [0.2, 0.25) is 0 Å². The summed E-state index contributed by atoms with van der Waals surface area (Å²) in [4.78, 5) is 1.37. The Morgan fingerprint density at radius 1 is 1.28 bits per heavy atom. The van der Waals surface area contributed by atoms with Crippen LogP contribution in [0.4, 0.5) is 0 Å². The lowest BCUT2D eigenvalue weighted by Gasteiger charge is -2.10. The zero-order chi connectivity index (χ0) is 12.8. The maximum Gasteiger partial charge on any atom is 0.0646 e. The van der Waals surface area contributed by atoms with E-state index in [4.69, 9.17) is 0 Å². The summed E-state index contributed by atoms with van der Waals surface area (Å²) in [6.07, 6.45) is 1.18. The first-order chi connectivity index (χ1) is 8.79. The molecule has 1 nitrogen and oxygen atoms in total. The van der Waals surface area contributed by atoms with Gasteiger partial charge in [0.25, 0.3) is 0 Å². The molecule has 0 saturated heterocycles. The minimum atomic E-state index is 0.962. The fourth-order valence-corrected chi connectivity index (χ4v) is 3.61. The van der Waals surface area contributed by atoms with Gasteiger partial charge in [-0.3, -0.25) is 0 Å². The fraction of sp³-hybridized carbons (Fsp3) is 0.333. The molecule has 3 heteroatoms. The molecule has 0 bridgehead atoms. The minimum absolute atomic E-state index is 0.962.